The Balaban J connectivity index is 1.94. The van der Waals surface area contributed by atoms with Crippen molar-refractivity contribution in [3.05, 3.63) is 106 Å². The lowest BCUT2D eigenvalue weighted by atomic mass is 9.97. The minimum absolute atomic E-state index is 0.00149. The van der Waals surface area contributed by atoms with Crippen LogP contribution in [0.1, 0.15) is 32.6 Å². The second-order valence-corrected chi connectivity index (χ2v) is 6.89. The second-order valence-electron chi connectivity index (χ2n) is 6.46. The molecule has 0 atom stereocenters. The van der Waals surface area contributed by atoms with E-state index in [-0.39, 0.29) is 22.9 Å². The van der Waals surface area contributed by atoms with E-state index in [0.29, 0.717) is 16.7 Å². The van der Waals surface area contributed by atoms with Gasteiger partial charge < -0.3 is 9.57 Å². The van der Waals surface area contributed by atoms with E-state index in [9.17, 15) is 18.0 Å². The highest BCUT2D eigenvalue weighted by Gasteiger charge is 2.35. The van der Waals surface area contributed by atoms with Gasteiger partial charge in [0, 0.05) is 16.1 Å². The fraction of sp³-hybridized carbons (Fsp3) is 0.130. The van der Waals surface area contributed by atoms with E-state index >= 15 is 0 Å². The fourth-order valence-electron chi connectivity index (χ4n) is 2.84. The highest BCUT2D eigenvalue weighted by molar-refractivity contribution is 6.31. The normalized spacial score (nSPS) is 11.8. The minimum atomic E-state index is -4.60. The number of halogens is 4. The number of ether oxygens (including phenoxy) is 1. The SMILES string of the molecule is COC(=O)c1ccc(CON=C(c2ccccc2)c2cc(Cl)ccc2C(F)(F)F)cc1. The van der Waals surface area contributed by atoms with Crippen molar-refractivity contribution in [2.24, 2.45) is 5.16 Å². The lowest BCUT2D eigenvalue weighted by Crippen LogP contribution is -2.15. The molecule has 0 heterocycles. The molecule has 0 aliphatic heterocycles. The maximum Gasteiger partial charge on any atom is 0.417 e. The molecule has 0 aliphatic rings. The van der Waals surface area contributed by atoms with Gasteiger partial charge in [-0.15, -0.1) is 0 Å². The van der Waals surface area contributed by atoms with Crippen molar-refractivity contribution in [2.75, 3.05) is 7.11 Å². The molecule has 31 heavy (non-hydrogen) atoms. The highest BCUT2D eigenvalue weighted by Crippen LogP contribution is 2.34. The number of hydrogen-bond donors (Lipinski definition) is 0. The first-order chi connectivity index (χ1) is 14.8. The summed E-state index contributed by atoms with van der Waals surface area (Å²) in [6, 6.07) is 18.1. The Hall–Kier alpha value is -3.32. The van der Waals surface area contributed by atoms with Crippen LogP contribution in [0.3, 0.4) is 0 Å². The number of esters is 1. The summed E-state index contributed by atoms with van der Waals surface area (Å²) in [4.78, 5) is 16.9. The Morgan fingerprint density at radius 3 is 2.26 bits per heavy atom. The summed E-state index contributed by atoms with van der Waals surface area (Å²) in [5.41, 5.74) is 0.426. The third-order valence-corrected chi connectivity index (χ3v) is 4.59. The summed E-state index contributed by atoms with van der Waals surface area (Å²) in [6.45, 7) is -0.0142. The van der Waals surface area contributed by atoms with Crippen LogP contribution in [0.15, 0.2) is 78.0 Å². The summed E-state index contributed by atoms with van der Waals surface area (Å²) in [7, 11) is 1.28. The van der Waals surface area contributed by atoms with E-state index in [1.165, 1.54) is 19.2 Å². The van der Waals surface area contributed by atoms with Gasteiger partial charge >= 0.3 is 12.1 Å². The minimum Gasteiger partial charge on any atom is -0.465 e. The third-order valence-electron chi connectivity index (χ3n) is 4.35. The number of hydrogen-bond acceptors (Lipinski definition) is 4. The molecule has 0 radical (unpaired) electrons. The van der Waals surface area contributed by atoms with Crippen LogP contribution in [-0.4, -0.2) is 18.8 Å². The Bertz CT molecular complexity index is 1080. The molecule has 0 spiro atoms. The van der Waals surface area contributed by atoms with Crippen molar-refractivity contribution in [1.29, 1.82) is 0 Å². The third kappa shape index (κ3) is 5.64. The first kappa shape index (κ1) is 22.4. The number of oxime groups is 1. The van der Waals surface area contributed by atoms with Crippen LogP contribution in [-0.2, 0) is 22.4 Å². The molecule has 3 aromatic rings. The molecule has 4 nitrogen and oxygen atoms in total. The number of carbonyl (C=O) groups excluding carboxylic acids is 1. The van der Waals surface area contributed by atoms with Gasteiger partial charge in [-0.25, -0.2) is 4.79 Å². The van der Waals surface area contributed by atoms with E-state index in [4.69, 9.17) is 16.4 Å². The number of nitrogens with zero attached hydrogens (tertiary/aromatic N) is 1. The number of methoxy groups -OCH3 is 1. The standard InChI is InChI=1S/C23H17ClF3NO3/c1-30-22(29)17-9-7-15(8-10-17)14-31-28-21(16-5-3-2-4-6-16)19-13-18(24)11-12-20(19)23(25,26)27/h2-13H,14H2,1H3. The van der Waals surface area contributed by atoms with E-state index in [1.807, 2.05) is 0 Å². The molecule has 3 rings (SSSR count). The van der Waals surface area contributed by atoms with Crippen molar-refractivity contribution in [2.45, 2.75) is 12.8 Å². The number of carbonyl (C=O) groups is 1. The monoisotopic (exact) mass is 447 g/mol. The summed E-state index contributed by atoms with van der Waals surface area (Å²) in [6.07, 6.45) is -4.60. The zero-order valence-corrected chi connectivity index (χ0v) is 17.1. The predicted molar refractivity (Wildman–Crippen MR) is 111 cm³/mol. The first-order valence-corrected chi connectivity index (χ1v) is 9.47. The van der Waals surface area contributed by atoms with Gasteiger partial charge in [-0.05, 0) is 35.9 Å². The van der Waals surface area contributed by atoms with Crippen LogP contribution in [0.5, 0.6) is 0 Å². The largest absolute Gasteiger partial charge is 0.465 e. The molecule has 0 saturated carbocycles. The number of alkyl halides is 3. The maximum atomic E-state index is 13.6. The average molecular weight is 448 g/mol. The van der Waals surface area contributed by atoms with E-state index in [1.54, 1.807) is 54.6 Å². The molecule has 0 N–H and O–H groups in total. The van der Waals surface area contributed by atoms with Gasteiger partial charge in [0.25, 0.3) is 0 Å². The molecule has 0 aromatic heterocycles. The molecule has 0 saturated heterocycles. The molecule has 3 aromatic carbocycles. The van der Waals surface area contributed by atoms with Crippen molar-refractivity contribution in [3.63, 3.8) is 0 Å². The topological polar surface area (TPSA) is 47.9 Å². The smallest absolute Gasteiger partial charge is 0.417 e. The molecule has 0 unspecified atom stereocenters. The second kappa shape index (κ2) is 9.66. The van der Waals surface area contributed by atoms with Gasteiger partial charge in [0.05, 0.1) is 18.2 Å². The summed E-state index contributed by atoms with van der Waals surface area (Å²) in [5.74, 6) is -0.475. The highest BCUT2D eigenvalue weighted by atomic mass is 35.5. The molecule has 0 aliphatic carbocycles. The first-order valence-electron chi connectivity index (χ1n) is 9.09. The lowest BCUT2D eigenvalue weighted by molar-refractivity contribution is -0.137. The van der Waals surface area contributed by atoms with Crippen LogP contribution >= 0.6 is 11.6 Å². The fourth-order valence-corrected chi connectivity index (χ4v) is 3.01. The number of benzene rings is 3. The van der Waals surface area contributed by atoms with Crippen LogP contribution in [0, 0.1) is 0 Å². The summed E-state index contributed by atoms with van der Waals surface area (Å²) in [5, 5.41) is 4.16. The Kier molecular flexibility index (Phi) is 6.97. The van der Waals surface area contributed by atoms with Gasteiger partial charge in [-0.3, -0.25) is 0 Å². The quantitative estimate of drug-likeness (QED) is 0.260. The molecule has 0 fully saturated rings. The van der Waals surface area contributed by atoms with Gasteiger partial charge in [0.1, 0.15) is 12.3 Å². The maximum absolute atomic E-state index is 13.6. The predicted octanol–water partition coefficient (Wildman–Crippen LogP) is 6.11. The molecule has 0 bridgehead atoms. The van der Waals surface area contributed by atoms with Crippen molar-refractivity contribution in [1.82, 2.24) is 0 Å². The average Bonchev–Trinajstić information content (AvgIpc) is 2.76. The summed E-state index contributed by atoms with van der Waals surface area (Å²) < 4.78 is 45.4. The zero-order chi connectivity index (χ0) is 22.4. The van der Waals surface area contributed by atoms with Gasteiger partial charge in [-0.2, -0.15) is 13.2 Å². The van der Waals surface area contributed by atoms with E-state index in [0.717, 1.165) is 6.07 Å². The number of rotatable bonds is 6. The Morgan fingerprint density at radius 1 is 0.968 bits per heavy atom. The zero-order valence-electron chi connectivity index (χ0n) is 16.3. The molecule has 0 amide bonds. The Morgan fingerprint density at radius 2 is 1.65 bits per heavy atom. The van der Waals surface area contributed by atoms with Crippen molar-refractivity contribution >= 4 is 23.3 Å². The van der Waals surface area contributed by atoms with Crippen molar-refractivity contribution in [3.8, 4) is 0 Å². The van der Waals surface area contributed by atoms with Crippen LogP contribution < -0.4 is 0 Å². The lowest BCUT2D eigenvalue weighted by Gasteiger charge is -2.15. The van der Waals surface area contributed by atoms with Gasteiger partial charge in [0.15, 0.2) is 0 Å². The van der Waals surface area contributed by atoms with E-state index in [2.05, 4.69) is 9.89 Å². The molecule has 160 valence electrons. The molecular weight excluding hydrogens is 431 g/mol. The van der Waals surface area contributed by atoms with E-state index < -0.39 is 17.7 Å². The van der Waals surface area contributed by atoms with Crippen molar-refractivity contribution < 1.29 is 27.5 Å². The Labute approximate surface area is 181 Å². The summed E-state index contributed by atoms with van der Waals surface area (Å²) >= 11 is 5.98. The van der Waals surface area contributed by atoms with Crippen LogP contribution in [0.2, 0.25) is 5.02 Å². The van der Waals surface area contributed by atoms with Gasteiger partial charge in [-0.1, -0.05) is 59.2 Å². The van der Waals surface area contributed by atoms with Crippen LogP contribution in [0.25, 0.3) is 0 Å². The molecule has 8 heteroatoms. The molecular formula is C23H17ClF3NO3. The van der Waals surface area contributed by atoms with Gasteiger partial charge in [0.2, 0.25) is 0 Å². The van der Waals surface area contributed by atoms with Crippen LogP contribution in [0.4, 0.5) is 13.2 Å².